The van der Waals surface area contributed by atoms with E-state index in [-0.39, 0.29) is 23.6 Å². The summed E-state index contributed by atoms with van der Waals surface area (Å²) in [5, 5.41) is 14.3. The number of rotatable bonds is 5. The molecule has 0 bridgehead atoms. The van der Waals surface area contributed by atoms with Gasteiger partial charge in [0.25, 0.3) is 5.91 Å². The van der Waals surface area contributed by atoms with Gasteiger partial charge in [-0.25, -0.2) is 4.98 Å². The van der Waals surface area contributed by atoms with E-state index in [0.29, 0.717) is 5.95 Å². The first kappa shape index (κ1) is 17.6. The minimum Gasteiger partial charge on any atom is -0.364 e. The number of aromatic nitrogens is 4. The van der Waals surface area contributed by atoms with Gasteiger partial charge in [-0.1, -0.05) is 12.8 Å². The predicted octanol–water partition coefficient (Wildman–Crippen LogP) is 2.01. The van der Waals surface area contributed by atoms with Gasteiger partial charge in [0.1, 0.15) is 0 Å². The summed E-state index contributed by atoms with van der Waals surface area (Å²) < 4.78 is 1.02. The van der Waals surface area contributed by atoms with E-state index in [1.807, 2.05) is 18.2 Å². The molecule has 0 spiro atoms. The standard InChI is InChI=1S/C17H20N8OS/c18-10-3-1-2-4-11(10)22-17-23-16(14(15(19)26)24-25-17)21-9-5-6-12-13(7-9)27-8-20-12/h5-8,10-11H,1-4,18H2,(H2,19,26)(H2,21,22,23,25)/t10-,11+/m0/s1. The van der Waals surface area contributed by atoms with Crippen molar-refractivity contribution in [3.05, 3.63) is 29.4 Å². The molecule has 0 radical (unpaired) electrons. The summed E-state index contributed by atoms with van der Waals surface area (Å²) >= 11 is 1.53. The fourth-order valence-electron chi connectivity index (χ4n) is 3.21. The molecule has 0 unspecified atom stereocenters. The minimum absolute atomic E-state index is 0.0158. The summed E-state index contributed by atoms with van der Waals surface area (Å²) in [5.74, 6) is -0.116. The highest BCUT2D eigenvalue weighted by Gasteiger charge is 2.23. The number of amides is 1. The van der Waals surface area contributed by atoms with Crippen LogP contribution in [0, 0.1) is 0 Å². The SMILES string of the molecule is NC(=O)c1nnc(N[C@@H]2CCCC[C@@H]2N)nc1Nc1ccc2ncsc2c1. The third-order valence-corrected chi connectivity index (χ3v) is 5.44. The lowest BCUT2D eigenvalue weighted by Gasteiger charge is -2.29. The molecule has 1 aliphatic rings. The molecule has 9 nitrogen and oxygen atoms in total. The van der Waals surface area contributed by atoms with Crippen LogP contribution in [0.5, 0.6) is 0 Å². The molecule has 3 aromatic rings. The molecule has 10 heteroatoms. The zero-order chi connectivity index (χ0) is 18.8. The van der Waals surface area contributed by atoms with Crippen molar-refractivity contribution in [3.63, 3.8) is 0 Å². The van der Waals surface area contributed by atoms with Crippen molar-refractivity contribution >= 4 is 44.9 Å². The number of carbonyl (C=O) groups excluding carboxylic acids is 1. The molecule has 0 aliphatic heterocycles. The maximum atomic E-state index is 11.7. The lowest BCUT2D eigenvalue weighted by Crippen LogP contribution is -2.43. The van der Waals surface area contributed by atoms with Crippen LogP contribution in [0.1, 0.15) is 36.2 Å². The third kappa shape index (κ3) is 3.81. The van der Waals surface area contributed by atoms with Crippen molar-refractivity contribution in [2.24, 2.45) is 11.5 Å². The highest BCUT2D eigenvalue weighted by Crippen LogP contribution is 2.25. The molecular weight excluding hydrogens is 364 g/mol. The highest BCUT2D eigenvalue weighted by atomic mass is 32.1. The van der Waals surface area contributed by atoms with Gasteiger partial charge in [0.2, 0.25) is 5.95 Å². The first-order valence-corrected chi connectivity index (χ1v) is 9.65. The van der Waals surface area contributed by atoms with Gasteiger partial charge in [-0.3, -0.25) is 4.79 Å². The number of benzene rings is 1. The van der Waals surface area contributed by atoms with Gasteiger partial charge in [0.05, 0.1) is 15.7 Å². The second-order valence-corrected chi connectivity index (χ2v) is 7.44. The zero-order valence-electron chi connectivity index (χ0n) is 14.6. The molecular formula is C17H20N8OS. The summed E-state index contributed by atoms with van der Waals surface area (Å²) in [4.78, 5) is 20.4. The average Bonchev–Trinajstić information content (AvgIpc) is 3.11. The van der Waals surface area contributed by atoms with E-state index in [0.717, 1.165) is 41.6 Å². The van der Waals surface area contributed by atoms with Crippen LogP contribution in [0.3, 0.4) is 0 Å². The number of nitrogens with one attached hydrogen (secondary N) is 2. The number of hydrogen-bond acceptors (Lipinski definition) is 9. The van der Waals surface area contributed by atoms with E-state index < -0.39 is 5.91 Å². The van der Waals surface area contributed by atoms with E-state index >= 15 is 0 Å². The number of anilines is 3. The maximum absolute atomic E-state index is 11.7. The molecule has 1 aromatic carbocycles. The average molecular weight is 384 g/mol. The Morgan fingerprint density at radius 2 is 2.07 bits per heavy atom. The van der Waals surface area contributed by atoms with Crippen molar-refractivity contribution in [1.82, 2.24) is 20.2 Å². The largest absolute Gasteiger partial charge is 0.364 e. The molecule has 4 rings (SSSR count). The molecule has 2 atom stereocenters. The number of nitrogens with zero attached hydrogens (tertiary/aromatic N) is 4. The Hall–Kier alpha value is -2.85. The number of nitrogens with two attached hydrogens (primary N) is 2. The van der Waals surface area contributed by atoms with Gasteiger partial charge in [-0.05, 0) is 31.0 Å². The first-order chi connectivity index (χ1) is 13.1. The van der Waals surface area contributed by atoms with E-state index in [1.54, 1.807) is 5.51 Å². The summed E-state index contributed by atoms with van der Waals surface area (Å²) in [6.07, 6.45) is 4.15. The number of thiazole rings is 1. The van der Waals surface area contributed by atoms with E-state index in [1.165, 1.54) is 11.3 Å². The van der Waals surface area contributed by atoms with Crippen molar-refractivity contribution in [2.45, 2.75) is 37.8 Å². The minimum atomic E-state index is -0.697. The number of hydrogen-bond donors (Lipinski definition) is 4. The van der Waals surface area contributed by atoms with Gasteiger partial charge in [0.15, 0.2) is 11.5 Å². The van der Waals surface area contributed by atoms with Crippen LogP contribution in [0.4, 0.5) is 17.5 Å². The topological polar surface area (TPSA) is 145 Å². The van der Waals surface area contributed by atoms with Gasteiger partial charge in [-0.2, -0.15) is 4.98 Å². The normalized spacial score (nSPS) is 19.7. The molecule has 2 aromatic heterocycles. The highest BCUT2D eigenvalue weighted by molar-refractivity contribution is 7.16. The second kappa shape index (κ2) is 7.41. The quantitative estimate of drug-likeness (QED) is 0.523. The van der Waals surface area contributed by atoms with Gasteiger partial charge in [0, 0.05) is 17.8 Å². The fourth-order valence-corrected chi connectivity index (χ4v) is 3.93. The summed E-state index contributed by atoms with van der Waals surface area (Å²) in [7, 11) is 0. The molecule has 6 N–H and O–H groups in total. The monoisotopic (exact) mass is 384 g/mol. The molecule has 0 saturated heterocycles. The Bertz CT molecular complexity index is 974. The van der Waals surface area contributed by atoms with E-state index in [4.69, 9.17) is 11.5 Å². The van der Waals surface area contributed by atoms with Crippen LogP contribution in [0.25, 0.3) is 10.2 Å². The van der Waals surface area contributed by atoms with E-state index in [2.05, 4.69) is 30.8 Å². The van der Waals surface area contributed by atoms with E-state index in [9.17, 15) is 4.79 Å². The lowest BCUT2D eigenvalue weighted by molar-refractivity contribution is 0.0995. The number of primary amides is 1. The molecule has 140 valence electrons. The molecule has 1 fully saturated rings. The van der Waals surface area contributed by atoms with Crippen LogP contribution < -0.4 is 22.1 Å². The van der Waals surface area contributed by atoms with Gasteiger partial charge >= 0.3 is 0 Å². The second-order valence-electron chi connectivity index (χ2n) is 6.56. The number of carbonyl (C=O) groups is 1. The first-order valence-electron chi connectivity index (χ1n) is 8.77. The molecule has 27 heavy (non-hydrogen) atoms. The van der Waals surface area contributed by atoms with Crippen LogP contribution in [0.15, 0.2) is 23.7 Å². The van der Waals surface area contributed by atoms with Crippen LogP contribution >= 0.6 is 11.3 Å². The molecule has 1 saturated carbocycles. The summed E-state index contributed by atoms with van der Waals surface area (Å²) in [6.45, 7) is 0. The Balaban J connectivity index is 1.61. The number of fused-ring (bicyclic) bond motifs is 1. The van der Waals surface area contributed by atoms with Crippen LogP contribution in [-0.2, 0) is 0 Å². The van der Waals surface area contributed by atoms with Gasteiger partial charge in [-0.15, -0.1) is 21.5 Å². The Labute approximate surface area is 159 Å². The van der Waals surface area contributed by atoms with Crippen molar-refractivity contribution in [1.29, 1.82) is 0 Å². The van der Waals surface area contributed by atoms with Gasteiger partial charge < -0.3 is 22.1 Å². The third-order valence-electron chi connectivity index (χ3n) is 4.65. The van der Waals surface area contributed by atoms with Crippen molar-refractivity contribution in [3.8, 4) is 0 Å². The Kier molecular flexibility index (Phi) is 4.82. The van der Waals surface area contributed by atoms with Crippen molar-refractivity contribution < 1.29 is 4.79 Å². The Morgan fingerprint density at radius 1 is 1.22 bits per heavy atom. The summed E-state index contributed by atoms with van der Waals surface area (Å²) in [5.41, 5.74) is 15.0. The van der Waals surface area contributed by atoms with Crippen LogP contribution in [0.2, 0.25) is 0 Å². The predicted molar refractivity (Wildman–Crippen MR) is 105 cm³/mol. The smallest absolute Gasteiger partial charge is 0.273 e. The van der Waals surface area contributed by atoms with Crippen molar-refractivity contribution in [2.75, 3.05) is 10.6 Å². The molecule has 1 amide bonds. The van der Waals surface area contributed by atoms with Crippen LogP contribution in [-0.4, -0.2) is 38.2 Å². The molecule has 2 heterocycles. The fraction of sp³-hybridized carbons (Fsp3) is 0.353. The molecule has 1 aliphatic carbocycles. The Morgan fingerprint density at radius 3 is 2.89 bits per heavy atom. The zero-order valence-corrected chi connectivity index (χ0v) is 15.4. The summed E-state index contributed by atoms with van der Waals surface area (Å²) in [6, 6.07) is 5.82. The maximum Gasteiger partial charge on any atom is 0.273 e. The lowest BCUT2D eigenvalue weighted by atomic mass is 9.91.